The third kappa shape index (κ3) is 10.2. The molecule has 2 aromatic rings. The Balaban J connectivity index is 0.000000476. The average molecular weight is 704 g/mol. The summed E-state index contributed by atoms with van der Waals surface area (Å²) in [6.45, 7) is 0. The van der Waals surface area contributed by atoms with Crippen LogP contribution in [0.25, 0.3) is 0 Å². The number of thiol groups is 3. The van der Waals surface area contributed by atoms with E-state index < -0.39 is 88.1 Å². The Hall–Kier alpha value is -3.56. The van der Waals surface area contributed by atoms with Crippen LogP contribution in [0.5, 0.6) is 23.0 Å². The smallest absolute Gasteiger partial charge is 0.320 e. The summed E-state index contributed by atoms with van der Waals surface area (Å²) in [6, 6.07) is -2.23. The first-order valence-electron chi connectivity index (χ1n) is 13.2. The third-order valence-electron chi connectivity index (χ3n) is 6.41. The maximum atomic E-state index is 12.4. The molecule has 0 saturated carbocycles. The predicted octanol–water partition coefficient (Wildman–Crippen LogP) is -1.58. The maximum absolute atomic E-state index is 12.4. The van der Waals surface area contributed by atoms with Crippen molar-refractivity contribution < 1.29 is 54.6 Å². The molecule has 46 heavy (non-hydrogen) atoms. The van der Waals surface area contributed by atoms with Crippen molar-refractivity contribution in [1.82, 2.24) is 0 Å². The van der Waals surface area contributed by atoms with Gasteiger partial charge in [-0.3, -0.25) is 24.0 Å². The highest BCUT2D eigenvalue weighted by Gasteiger charge is 2.30. The number of ketones is 3. The normalized spacial score (nSPS) is 14.2. The SMILES string of the molecule is NC(Cc1cc(C(=O)C(N)CS)c(O)c(O)c1C(=O)C(N)CS)C(=O)O.NC(Cc1cc(O)c(O)c(C(=O)C(N)CS)c1)C(=O)O. The van der Waals surface area contributed by atoms with Crippen LogP contribution in [0.3, 0.4) is 0 Å². The Morgan fingerprint density at radius 3 is 1.41 bits per heavy atom. The second-order valence-corrected chi connectivity index (χ2v) is 11.0. The topological polar surface area (TPSA) is 337 Å². The van der Waals surface area contributed by atoms with Crippen LogP contribution in [0.1, 0.15) is 42.2 Å². The molecule has 0 fully saturated rings. The highest BCUT2D eigenvalue weighted by Crippen LogP contribution is 2.37. The summed E-state index contributed by atoms with van der Waals surface area (Å²) in [7, 11) is 0. The van der Waals surface area contributed by atoms with E-state index in [1.165, 1.54) is 6.07 Å². The minimum absolute atomic E-state index is 0.0335. The first kappa shape index (κ1) is 40.5. The van der Waals surface area contributed by atoms with Crippen LogP contribution in [0.4, 0.5) is 0 Å². The second-order valence-electron chi connectivity index (χ2n) is 9.92. The van der Waals surface area contributed by atoms with Crippen LogP contribution >= 0.6 is 37.9 Å². The zero-order chi connectivity index (χ0) is 35.6. The van der Waals surface area contributed by atoms with Gasteiger partial charge in [0.1, 0.15) is 12.1 Å². The zero-order valence-electron chi connectivity index (χ0n) is 24.1. The number of carboxylic acids is 2. The van der Waals surface area contributed by atoms with Crippen molar-refractivity contribution >= 4 is 67.2 Å². The van der Waals surface area contributed by atoms with Gasteiger partial charge < -0.3 is 59.3 Å². The molecule has 2 rings (SSSR count). The number of aliphatic carboxylic acids is 2. The van der Waals surface area contributed by atoms with Gasteiger partial charge >= 0.3 is 11.9 Å². The summed E-state index contributed by atoms with van der Waals surface area (Å²) in [4.78, 5) is 58.4. The van der Waals surface area contributed by atoms with E-state index in [0.29, 0.717) is 5.56 Å². The van der Waals surface area contributed by atoms with E-state index >= 15 is 0 Å². The Labute approximate surface area is 279 Å². The number of hydrogen-bond acceptors (Lipinski definition) is 17. The number of carboxylic acid groups (broad SMARTS) is 2. The van der Waals surface area contributed by atoms with E-state index in [4.69, 9.17) is 38.9 Å². The fourth-order valence-electron chi connectivity index (χ4n) is 3.82. The first-order chi connectivity index (χ1) is 21.3. The summed E-state index contributed by atoms with van der Waals surface area (Å²) < 4.78 is 0. The van der Waals surface area contributed by atoms with Crippen LogP contribution in [-0.4, -0.2) is 107 Å². The van der Waals surface area contributed by atoms with Crippen LogP contribution < -0.4 is 28.7 Å². The van der Waals surface area contributed by atoms with Gasteiger partial charge in [0.05, 0.1) is 34.8 Å². The van der Waals surface area contributed by atoms with Crippen molar-refractivity contribution in [2.45, 2.75) is 43.1 Å². The van der Waals surface area contributed by atoms with Crippen molar-refractivity contribution in [3.05, 3.63) is 46.0 Å². The summed E-state index contributed by atoms with van der Waals surface area (Å²) >= 11 is 11.7. The number of aromatic hydroxyl groups is 4. The molecule has 0 aliphatic carbocycles. The van der Waals surface area contributed by atoms with Crippen molar-refractivity contribution in [2.24, 2.45) is 28.7 Å². The standard InChI is InChI=1S/C15H21N3O6S2.C12H16N2O5S/c16-7(15(23)24)2-5-1-6(11(19)8(17)3-25)12(20)14(22)10(5)13(21)9(18)4-26;13-7(12(18)19)2-5-1-6(10(16)8(14)4-20)11(17)9(15)3-5/h1,7-9,20,22,25-26H,2-4,16-18H2,(H,23,24);1,3,7-8,15,17,20H,2,4,13-14H2,(H,18,19). The predicted molar refractivity (Wildman–Crippen MR) is 177 cm³/mol. The number of benzene rings is 2. The minimum atomic E-state index is -1.42. The fourth-order valence-corrected chi connectivity index (χ4v) is 4.32. The van der Waals surface area contributed by atoms with Crippen LogP contribution in [0.15, 0.2) is 18.2 Å². The van der Waals surface area contributed by atoms with Gasteiger partial charge in [-0.15, -0.1) is 0 Å². The third-order valence-corrected chi connectivity index (χ3v) is 7.59. The van der Waals surface area contributed by atoms with E-state index in [-0.39, 0.29) is 46.8 Å². The molecule has 0 aliphatic heterocycles. The van der Waals surface area contributed by atoms with Gasteiger partial charge in [-0.05, 0) is 42.2 Å². The summed E-state index contributed by atoms with van der Waals surface area (Å²) in [5, 5.41) is 57.4. The molecule has 0 bridgehead atoms. The number of carbonyl (C=O) groups is 5. The minimum Gasteiger partial charge on any atom is -0.504 e. The maximum Gasteiger partial charge on any atom is 0.320 e. The molecule has 0 aliphatic rings. The van der Waals surface area contributed by atoms with Crippen LogP contribution in [0, 0.1) is 0 Å². The van der Waals surface area contributed by atoms with E-state index in [2.05, 4.69) is 37.9 Å². The lowest BCUT2D eigenvalue weighted by atomic mass is 9.90. The van der Waals surface area contributed by atoms with Crippen molar-refractivity contribution in [1.29, 1.82) is 0 Å². The molecular weight excluding hydrogens is 667 g/mol. The lowest BCUT2D eigenvalue weighted by Gasteiger charge is -2.19. The number of Topliss-reactive ketones (excluding diaryl/α,β-unsaturated/α-hetero) is 3. The highest BCUT2D eigenvalue weighted by atomic mass is 32.1. The molecular formula is C27H37N5O11S3. The number of carbonyl (C=O) groups excluding carboxylic acids is 3. The molecule has 0 saturated heterocycles. The fraction of sp³-hybridized carbons (Fsp3) is 0.370. The van der Waals surface area contributed by atoms with Crippen LogP contribution in [0.2, 0.25) is 0 Å². The number of nitrogens with two attached hydrogens (primary N) is 5. The summed E-state index contributed by atoms with van der Waals surface area (Å²) in [6.07, 6.45) is -0.487. The molecule has 2 aromatic carbocycles. The quantitative estimate of drug-likeness (QED) is 0.0565. The Morgan fingerprint density at radius 2 is 0.978 bits per heavy atom. The van der Waals surface area contributed by atoms with Gasteiger partial charge in [0, 0.05) is 17.3 Å². The van der Waals surface area contributed by atoms with Gasteiger partial charge in [0.2, 0.25) is 0 Å². The Kier molecular flexibility index (Phi) is 15.8. The molecule has 0 amide bonds. The molecule has 5 unspecified atom stereocenters. The van der Waals surface area contributed by atoms with E-state index in [0.717, 1.165) is 12.1 Å². The number of rotatable bonds is 15. The van der Waals surface area contributed by atoms with Crippen LogP contribution in [-0.2, 0) is 22.4 Å². The average Bonchev–Trinajstić information content (AvgIpc) is 3.02. The van der Waals surface area contributed by atoms with Gasteiger partial charge in [-0.2, -0.15) is 37.9 Å². The van der Waals surface area contributed by atoms with Gasteiger partial charge in [-0.1, -0.05) is 0 Å². The van der Waals surface area contributed by atoms with Gasteiger partial charge in [0.15, 0.2) is 40.3 Å². The summed E-state index contributed by atoms with van der Waals surface area (Å²) in [5.41, 5.74) is 27.0. The zero-order valence-corrected chi connectivity index (χ0v) is 26.8. The highest BCUT2D eigenvalue weighted by molar-refractivity contribution is 7.80. The van der Waals surface area contributed by atoms with Crippen molar-refractivity contribution in [3.8, 4) is 23.0 Å². The molecule has 0 heterocycles. The molecule has 254 valence electrons. The molecule has 0 aromatic heterocycles. The molecule has 0 spiro atoms. The van der Waals surface area contributed by atoms with Crippen molar-refractivity contribution in [3.63, 3.8) is 0 Å². The van der Waals surface area contributed by atoms with E-state index in [1.807, 2.05) is 0 Å². The van der Waals surface area contributed by atoms with Crippen molar-refractivity contribution in [2.75, 3.05) is 17.3 Å². The molecule has 16 N–H and O–H groups in total. The molecule has 5 atom stereocenters. The van der Waals surface area contributed by atoms with Gasteiger partial charge in [0.25, 0.3) is 0 Å². The Bertz CT molecular complexity index is 1480. The van der Waals surface area contributed by atoms with E-state index in [9.17, 15) is 44.4 Å². The van der Waals surface area contributed by atoms with Gasteiger partial charge in [-0.25, -0.2) is 0 Å². The number of hydrogen-bond donors (Lipinski definition) is 14. The lowest BCUT2D eigenvalue weighted by Crippen LogP contribution is -2.36. The molecule has 0 radical (unpaired) electrons. The summed E-state index contributed by atoms with van der Waals surface area (Å²) in [5.74, 6) is -7.58. The first-order valence-corrected chi connectivity index (χ1v) is 15.0. The van der Waals surface area contributed by atoms with E-state index in [1.54, 1.807) is 0 Å². The molecule has 16 nitrogen and oxygen atoms in total. The second kappa shape index (κ2) is 18.0. The number of phenolic OH excluding ortho intramolecular Hbond substituents is 4. The lowest BCUT2D eigenvalue weighted by molar-refractivity contribution is -0.139. The monoisotopic (exact) mass is 703 g/mol. The Morgan fingerprint density at radius 1 is 0.565 bits per heavy atom. The molecule has 19 heteroatoms. The largest absolute Gasteiger partial charge is 0.504 e. The number of phenols is 4.